The molecule has 0 radical (unpaired) electrons. The van der Waals surface area contributed by atoms with E-state index in [1.807, 2.05) is 0 Å². The molecule has 0 saturated carbocycles. The van der Waals surface area contributed by atoms with E-state index in [0.717, 1.165) is 0 Å². The molecule has 0 bridgehead atoms. The van der Waals surface area contributed by atoms with E-state index in [1.54, 1.807) is 0 Å². The molecule has 0 saturated heterocycles. The summed E-state index contributed by atoms with van der Waals surface area (Å²) in [5.74, 6) is -2.03. The summed E-state index contributed by atoms with van der Waals surface area (Å²) in [6, 6.07) is -1.52. The second-order valence-corrected chi connectivity index (χ2v) is 8.39. The van der Waals surface area contributed by atoms with Crippen molar-refractivity contribution in [2.45, 2.75) is 32.4 Å². The molecule has 14 heteroatoms. The van der Waals surface area contributed by atoms with E-state index in [2.05, 4.69) is 27.8 Å². The second kappa shape index (κ2) is 12.4. The lowest BCUT2D eigenvalue weighted by Gasteiger charge is -2.29. The number of hydrogen-bond donors (Lipinski definition) is 7. The molecule has 0 aliphatic carbocycles. The second-order valence-electron chi connectivity index (χ2n) is 6.49. The Morgan fingerprint density at radius 1 is 1.21 bits per heavy atom. The number of nitrogens with two attached hydrogens (primary N) is 1. The number of phosphoric ester groups is 1. The number of thiol groups is 1. The van der Waals surface area contributed by atoms with Crippen LogP contribution in [0.3, 0.4) is 0 Å². The molecule has 3 atom stereocenters. The standard InChI is InChI=1S/C14H28N3O9PS/c1-14(2,8-26-27(23,24)25-7-9(15)13(21)22)11(19)12(20)17-4-3-10(18)16-5-6-28/h9,11,19,28H,3-8,15H2,1-2H3,(H,16,18)(H,17,20)(H,21,22)(H,23,24)/t9-,11-/m0/s1. The van der Waals surface area contributed by atoms with Gasteiger partial charge in [0.15, 0.2) is 0 Å². The molecule has 0 spiro atoms. The van der Waals surface area contributed by atoms with Crippen LogP contribution in [0.15, 0.2) is 0 Å². The minimum absolute atomic E-state index is 0.00663. The maximum absolute atomic E-state index is 12.0. The van der Waals surface area contributed by atoms with E-state index >= 15 is 0 Å². The van der Waals surface area contributed by atoms with Crippen LogP contribution in [0, 0.1) is 5.41 Å². The lowest BCUT2D eigenvalue weighted by molar-refractivity contribution is -0.140. The summed E-state index contributed by atoms with van der Waals surface area (Å²) in [5.41, 5.74) is 3.85. The van der Waals surface area contributed by atoms with Crippen molar-refractivity contribution in [2.24, 2.45) is 11.1 Å². The first-order chi connectivity index (χ1) is 12.8. The molecule has 0 aromatic carbocycles. The van der Waals surface area contributed by atoms with Crippen LogP contribution < -0.4 is 16.4 Å². The molecule has 0 aromatic heterocycles. The maximum Gasteiger partial charge on any atom is 0.472 e. The van der Waals surface area contributed by atoms with E-state index < -0.39 is 50.5 Å². The predicted octanol–water partition coefficient (Wildman–Crippen LogP) is -1.53. The van der Waals surface area contributed by atoms with Crippen LogP contribution in [0.25, 0.3) is 0 Å². The summed E-state index contributed by atoms with van der Waals surface area (Å²) in [7, 11) is -4.64. The fraction of sp³-hybridized carbons (Fsp3) is 0.786. The summed E-state index contributed by atoms with van der Waals surface area (Å²) in [4.78, 5) is 43.5. The Kier molecular flexibility index (Phi) is 11.8. The molecule has 7 N–H and O–H groups in total. The minimum atomic E-state index is -4.64. The molecule has 28 heavy (non-hydrogen) atoms. The number of hydrogen-bond acceptors (Lipinski definition) is 9. The number of carbonyl (C=O) groups is 3. The molecule has 12 nitrogen and oxygen atoms in total. The van der Waals surface area contributed by atoms with Crippen LogP contribution in [0.4, 0.5) is 0 Å². The number of phosphoric acid groups is 1. The summed E-state index contributed by atoms with van der Waals surface area (Å²) >= 11 is 3.94. The topological polar surface area (TPSA) is 198 Å². The number of carboxylic acid groups (broad SMARTS) is 1. The van der Waals surface area contributed by atoms with E-state index in [9.17, 15) is 28.9 Å². The van der Waals surface area contributed by atoms with Gasteiger partial charge in [-0.3, -0.25) is 23.4 Å². The molecular weight excluding hydrogens is 417 g/mol. The highest BCUT2D eigenvalue weighted by Crippen LogP contribution is 2.45. The summed E-state index contributed by atoms with van der Waals surface area (Å²) in [6.45, 7) is 1.87. The average molecular weight is 445 g/mol. The predicted molar refractivity (Wildman–Crippen MR) is 102 cm³/mol. The van der Waals surface area contributed by atoms with Gasteiger partial charge in [0.25, 0.3) is 0 Å². The molecule has 0 aliphatic rings. The number of carboxylic acids is 1. The first-order valence-electron chi connectivity index (χ1n) is 8.26. The maximum atomic E-state index is 12.0. The van der Waals surface area contributed by atoms with Gasteiger partial charge in [-0.15, -0.1) is 0 Å². The van der Waals surface area contributed by atoms with Crippen molar-refractivity contribution in [3.05, 3.63) is 0 Å². The fourth-order valence-corrected chi connectivity index (χ4v) is 2.68. The van der Waals surface area contributed by atoms with Crippen molar-refractivity contribution in [3.63, 3.8) is 0 Å². The minimum Gasteiger partial charge on any atom is -0.480 e. The van der Waals surface area contributed by atoms with Gasteiger partial charge in [-0.1, -0.05) is 13.8 Å². The van der Waals surface area contributed by atoms with Crippen LogP contribution in [0.1, 0.15) is 20.3 Å². The van der Waals surface area contributed by atoms with Crippen LogP contribution in [-0.4, -0.2) is 77.1 Å². The summed E-state index contributed by atoms with van der Waals surface area (Å²) in [6.07, 6.45) is -1.61. The van der Waals surface area contributed by atoms with Crippen LogP contribution >= 0.6 is 20.5 Å². The Hall–Kier alpha value is -1.21. The van der Waals surface area contributed by atoms with Gasteiger partial charge in [-0.2, -0.15) is 12.6 Å². The number of nitrogens with one attached hydrogen (secondary N) is 2. The number of aliphatic hydroxyl groups excluding tert-OH is 1. The Labute approximate surface area is 168 Å². The van der Waals surface area contributed by atoms with Gasteiger partial charge >= 0.3 is 13.8 Å². The molecule has 0 aromatic rings. The molecule has 0 rings (SSSR count). The number of carbonyl (C=O) groups excluding carboxylic acids is 2. The van der Waals surface area contributed by atoms with Gasteiger partial charge in [0, 0.05) is 30.7 Å². The van der Waals surface area contributed by atoms with Crippen molar-refractivity contribution in [1.29, 1.82) is 0 Å². The van der Waals surface area contributed by atoms with Crippen LogP contribution in [0.5, 0.6) is 0 Å². The zero-order valence-electron chi connectivity index (χ0n) is 15.7. The zero-order valence-corrected chi connectivity index (χ0v) is 17.4. The number of aliphatic hydroxyl groups is 1. The smallest absolute Gasteiger partial charge is 0.472 e. The Bertz CT molecular complexity index is 590. The molecule has 2 amide bonds. The lowest BCUT2D eigenvalue weighted by Crippen LogP contribution is -2.46. The summed E-state index contributed by atoms with van der Waals surface area (Å²) < 4.78 is 20.9. The monoisotopic (exact) mass is 445 g/mol. The van der Waals surface area contributed by atoms with Crippen LogP contribution in [0.2, 0.25) is 0 Å². The van der Waals surface area contributed by atoms with E-state index in [1.165, 1.54) is 13.8 Å². The van der Waals surface area contributed by atoms with E-state index in [-0.39, 0.29) is 18.9 Å². The molecule has 0 fully saturated rings. The van der Waals surface area contributed by atoms with E-state index in [0.29, 0.717) is 12.3 Å². The van der Waals surface area contributed by atoms with Gasteiger partial charge in [0.2, 0.25) is 11.8 Å². The highest BCUT2D eigenvalue weighted by molar-refractivity contribution is 7.80. The first-order valence-corrected chi connectivity index (χ1v) is 10.4. The van der Waals surface area contributed by atoms with Crippen molar-refractivity contribution in [1.82, 2.24) is 10.6 Å². The molecule has 0 aliphatic heterocycles. The Morgan fingerprint density at radius 3 is 2.36 bits per heavy atom. The SMILES string of the molecule is CC(C)(COP(=O)(O)OC[C@H](N)C(=O)O)[C@@H](O)C(=O)NCCC(=O)NCCS. The Morgan fingerprint density at radius 2 is 1.82 bits per heavy atom. The first kappa shape index (κ1) is 26.8. The van der Waals surface area contributed by atoms with E-state index in [4.69, 9.17) is 15.4 Å². The molecule has 164 valence electrons. The van der Waals surface area contributed by atoms with Crippen LogP contribution in [-0.2, 0) is 28.0 Å². The van der Waals surface area contributed by atoms with Crippen molar-refractivity contribution < 1.29 is 43.1 Å². The van der Waals surface area contributed by atoms with Crippen molar-refractivity contribution >= 4 is 38.2 Å². The summed E-state index contributed by atoms with van der Waals surface area (Å²) in [5, 5.41) is 23.7. The fourth-order valence-electron chi connectivity index (χ4n) is 1.64. The quantitative estimate of drug-likeness (QED) is 0.122. The lowest BCUT2D eigenvalue weighted by atomic mass is 9.87. The van der Waals surface area contributed by atoms with Crippen molar-refractivity contribution in [2.75, 3.05) is 32.1 Å². The highest BCUT2D eigenvalue weighted by atomic mass is 32.1. The largest absolute Gasteiger partial charge is 0.480 e. The normalized spacial score (nSPS) is 15.9. The zero-order chi connectivity index (χ0) is 22.0. The average Bonchev–Trinajstić information content (AvgIpc) is 2.62. The number of aliphatic carboxylic acids is 1. The Balaban J connectivity index is 4.46. The molecular formula is C14H28N3O9PS. The van der Waals surface area contributed by atoms with Gasteiger partial charge in [-0.05, 0) is 0 Å². The van der Waals surface area contributed by atoms with Gasteiger partial charge in [0.05, 0.1) is 13.2 Å². The highest BCUT2D eigenvalue weighted by Gasteiger charge is 2.37. The third-order valence-corrected chi connectivity index (χ3v) is 4.56. The van der Waals surface area contributed by atoms with Gasteiger partial charge in [-0.25, -0.2) is 4.57 Å². The third-order valence-electron chi connectivity index (χ3n) is 3.41. The molecule has 0 heterocycles. The number of amides is 2. The van der Waals surface area contributed by atoms with Crippen molar-refractivity contribution in [3.8, 4) is 0 Å². The van der Waals surface area contributed by atoms with Gasteiger partial charge in [0.1, 0.15) is 12.1 Å². The third kappa shape index (κ3) is 11.0. The molecule has 1 unspecified atom stereocenters. The number of rotatable bonds is 14. The van der Waals surface area contributed by atoms with Gasteiger partial charge < -0.3 is 31.5 Å².